The van der Waals surface area contributed by atoms with Gasteiger partial charge in [-0.25, -0.2) is 8.78 Å². The van der Waals surface area contributed by atoms with E-state index in [4.69, 9.17) is 17.4 Å². The minimum atomic E-state index is -0.546. The van der Waals surface area contributed by atoms with Gasteiger partial charge < -0.3 is 0 Å². The molecule has 2 aromatic carbocycles. The predicted octanol–water partition coefficient (Wildman–Crippen LogP) is 3.37. The minimum absolute atomic E-state index is 0.170. The summed E-state index contributed by atoms with van der Waals surface area (Å²) in [6.07, 6.45) is 0.170. The summed E-state index contributed by atoms with van der Waals surface area (Å²) >= 11 is 5.96. The molecule has 0 aliphatic heterocycles. The minimum Gasteiger partial charge on any atom is -0.271 e. The lowest BCUT2D eigenvalue weighted by Gasteiger charge is -2.18. The van der Waals surface area contributed by atoms with Crippen molar-refractivity contribution in [3.63, 3.8) is 0 Å². The number of halogens is 3. The first kappa shape index (κ1) is 13.9. The van der Waals surface area contributed by atoms with Crippen molar-refractivity contribution in [2.75, 3.05) is 0 Å². The topological polar surface area (TPSA) is 38.0 Å². The van der Waals surface area contributed by atoms with Crippen molar-refractivity contribution in [1.82, 2.24) is 5.43 Å². The number of nitrogens with one attached hydrogen (secondary N) is 1. The van der Waals surface area contributed by atoms with Crippen LogP contribution in [0.3, 0.4) is 0 Å². The van der Waals surface area contributed by atoms with Crippen LogP contribution >= 0.6 is 11.6 Å². The summed E-state index contributed by atoms with van der Waals surface area (Å²) in [5.41, 5.74) is 3.19. The molecule has 0 heterocycles. The third-order valence-electron chi connectivity index (χ3n) is 2.95. The molecule has 5 heteroatoms. The smallest absolute Gasteiger partial charge is 0.128 e. The van der Waals surface area contributed by atoms with Gasteiger partial charge in [0.25, 0.3) is 0 Å². The van der Waals surface area contributed by atoms with Gasteiger partial charge in [-0.15, -0.1) is 0 Å². The zero-order valence-electron chi connectivity index (χ0n) is 10.0. The standard InChI is InChI=1S/C14H13ClF2N2/c15-11-5-3-7-13(17)10(11)8-14(19-18)9-4-1-2-6-12(9)16/h1-7,14,19H,8,18H2. The molecule has 1 atom stereocenters. The summed E-state index contributed by atoms with van der Waals surface area (Å²) in [5, 5.41) is 0.302. The fourth-order valence-electron chi connectivity index (χ4n) is 1.95. The van der Waals surface area contributed by atoms with E-state index in [-0.39, 0.29) is 6.42 Å². The van der Waals surface area contributed by atoms with Crippen LogP contribution in [0.4, 0.5) is 8.78 Å². The Kier molecular flexibility index (Phi) is 4.47. The molecule has 0 saturated heterocycles. The van der Waals surface area contributed by atoms with Crippen LogP contribution in [-0.4, -0.2) is 0 Å². The van der Waals surface area contributed by atoms with Crippen molar-refractivity contribution in [3.05, 3.63) is 70.2 Å². The zero-order valence-corrected chi connectivity index (χ0v) is 10.8. The monoisotopic (exact) mass is 282 g/mol. The van der Waals surface area contributed by atoms with Crippen LogP contribution in [0, 0.1) is 11.6 Å². The van der Waals surface area contributed by atoms with E-state index in [1.165, 1.54) is 18.2 Å². The van der Waals surface area contributed by atoms with Gasteiger partial charge in [-0.05, 0) is 24.6 Å². The number of hydrogen-bond donors (Lipinski definition) is 2. The molecular formula is C14H13ClF2N2. The normalized spacial score (nSPS) is 12.4. The van der Waals surface area contributed by atoms with Crippen molar-refractivity contribution in [1.29, 1.82) is 0 Å². The van der Waals surface area contributed by atoms with Crippen LogP contribution < -0.4 is 11.3 Å². The first-order valence-electron chi connectivity index (χ1n) is 5.77. The molecule has 0 aliphatic rings. The third-order valence-corrected chi connectivity index (χ3v) is 3.31. The van der Waals surface area contributed by atoms with Gasteiger partial charge in [0.2, 0.25) is 0 Å². The lowest BCUT2D eigenvalue weighted by molar-refractivity contribution is 0.499. The summed E-state index contributed by atoms with van der Waals surface area (Å²) in [6.45, 7) is 0. The van der Waals surface area contributed by atoms with Gasteiger partial charge in [-0.3, -0.25) is 11.3 Å². The summed E-state index contributed by atoms with van der Waals surface area (Å²) in [5.74, 6) is 4.62. The molecule has 2 rings (SSSR count). The Morgan fingerprint density at radius 1 is 1.05 bits per heavy atom. The first-order valence-corrected chi connectivity index (χ1v) is 6.14. The molecule has 0 radical (unpaired) electrons. The lowest BCUT2D eigenvalue weighted by Crippen LogP contribution is -2.30. The molecule has 19 heavy (non-hydrogen) atoms. The zero-order chi connectivity index (χ0) is 13.8. The maximum absolute atomic E-state index is 13.7. The van der Waals surface area contributed by atoms with Crippen LogP contribution in [0.15, 0.2) is 42.5 Å². The summed E-state index contributed by atoms with van der Waals surface area (Å²) in [6, 6.07) is 10.1. The number of hydrazine groups is 1. The second-order valence-corrected chi connectivity index (χ2v) is 4.55. The second kappa shape index (κ2) is 6.10. The van der Waals surface area contributed by atoms with E-state index in [1.54, 1.807) is 24.3 Å². The van der Waals surface area contributed by atoms with Crippen LogP contribution in [0.5, 0.6) is 0 Å². The summed E-state index contributed by atoms with van der Waals surface area (Å²) in [4.78, 5) is 0. The van der Waals surface area contributed by atoms with E-state index in [1.807, 2.05) is 0 Å². The highest BCUT2D eigenvalue weighted by molar-refractivity contribution is 6.31. The summed E-state index contributed by atoms with van der Waals surface area (Å²) < 4.78 is 27.4. The van der Waals surface area contributed by atoms with Crippen molar-refractivity contribution in [2.24, 2.45) is 5.84 Å². The van der Waals surface area contributed by atoms with Crippen LogP contribution in [0.2, 0.25) is 5.02 Å². The molecule has 2 aromatic rings. The van der Waals surface area contributed by atoms with E-state index in [9.17, 15) is 8.78 Å². The molecule has 2 nitrogen and oxygen atoms in total. The molecule has 0 aromatic heterocycles. The number of nitrogens with two attached hydrogens (primary N) is 1. The van der Waals surface area contributed by atoms with Crippen LogP contribution in [0.1, 0.15) is 17.2 Å². The second-order valence-electron chi connectivity index (χ2n) is 4.15. The molecule has 1 unspecified atom stereocenters. The highest BCUT2D eigenvalue weighted by atomic mass is 35.5. The Labute approximate surface area is 115 Å². The molecule has 100 valence electrons. The predicted molar refractivity (Wildman–Crippen MR) is 71.6 cm³/mol. The van der Waals surface area contributed by atoms with Crippen LogP contribution in [0.25, 0.3) is 0 Å². The van der Waals surface area contributed by atoms with E-state index < -0.39 is 17.7 Å². The van der Waals surface area contributed by atoms with Gasteiger partial charge >= 0.3 is 0 Å². The Hall–Kier alpha value is -1.49. The van der Waals surface area contributed by atoms with Crippen molar-refractivity contribution in [3.8, 4) is 0 Å². The molecule has 0 aliphatic carbocycles. The van der Waals surface area contributed by atoms with E-state index in [0.29, 0.717) is 16.1 Å². The average molecular weight is 283 g/mol. The third kappa shape index (κ3) is 3.10. The maximum Gasteiger partial charge on any atom is 0.128 e. The first-order chi connectivity index (χ1) is 9.13. The van der Waals surface area contributed by atoms with Gasteiger partial charge in [0.1, 0.15) is 11.6 Å². The quantitative estimate of drug-likeness (QED) is 0.666. The van der Waals surface area contributed by atoms with Gasteiger partial charge in [0, 0.05) is 16.1 Å². The summed E-state index contributed by atoms with van der Waals surface area (Å²) in [7, 11) is 0. The maximum atomic E-state index is 13.7. The highest BCUT2D eigenvalue weighted by Crippen LogP contribution is 2.26. The van der Waals surface area contributed by atoms with E-state index >= 15 is 0 Å². The van der Waals surface area contributed by atoms with Gasteiger partial charge in [0.15, 0.2) is 0 Å². The molecular weight excluding hydrogens is 270 g/mol. The molecule has 0 saturated carbocycles. The van der Waals surface area contributed by atoms with E-state index in [2.05, 4.69) is 5.43 Å². The molecule has 0 bridgehead atoms. The van der Waals surface area contributed by atoms with Gasteiger partial charge in [-0.2, -0.15) is 0 Å². The Morgan fingerprint density at radius 2 is 1.74 bits per heavy atom. The Morgan fingerprint density at radius 3 is 2.37 bits per heavy atom. The molecule has 3 N–H and O–H groups in total. The number of hydrogen-bond acceptors (Lipinski definition) is 2. The van der Waals surface area contributed by atoms with Crippen molar-refractivity contribution < 1.29 is 8.78 Å². The molecule has 0 amide bonds. The molecule has 0 fully saturated rings. The number of rotatable bonds is 4. The highest BCUT2D eigenvalue weighted by Gasteiger charge is 2.18. The fourth-order valence-corrected chi connectivity index (χ4v) is 2.19. The Balaban J connectivity index is 2.32. The van der Waals surface area contributed by atoms with Gasteiger partial charge in [0.05, 0.1) is 6.04 Å². The Bertz CT molecular complexity index is 555. The fraction of sp³-hybridized carbons (Fsp3) is 0.143. The largest absolute Gasteiger partial charge is 0.271 e. The molecule has 0 spiro atoms. The van der Waals surface area contributed by atoms with Crippen LogP contribution in [-0.2, 0) is 6.42 Å². The average Bonchev–Trinajstić information content (AvgIpc) is 2.40. The SMILES string of the molecule is NNC(Cc1c(F)cccc1Cl)c1ccccc1F. The van der Waals surface area contributed by atoms with Gasteiger partial charge in [-0.1, -0.05) is 35.9 Å². The van der Waals surface area contributed by atoms with E-state index in [0.717, 1.165) is 0 Å². The van der Waals surface area contributed by atoms with Crippen molar-refractivity contribution in [2.45, 2.75) is 12.5 Å². The number of benzene rings is 2. The van der Waals surface area contributed by atoms with Crippen molar-refractivity contribution >= 4 is 11.6 Å². The lowest BCUT2D eigenvalue weighted by atomic mass is 9.98.